The number of carbonyl (C=O) groups is 3. The summed E-state index contributed by atoms with van der Waals surface area (Å²) < 4.78 is 6.00. The van der Waals surface area contributed by atoms with Crippen LogP contribution < -0.4 is 10.1 Å². The van der Waals surface area contributed by atoms with E-state index in [2.05, 4.69) is 21.2 Å². The summed E-state index contributed by atoms with van der Waals surface area (Å²) in [5.74, 6) is -1.35. The Morgan fingerprint density at radius 3 is 2.40 bits per heavy atom. The lowest BCUT2D eigenvalue weighted by Crippen LogP contribution is -2.49. The Morgan fingerprint density at radius 1 is 0.929 bits per heavy atom. The van der Waals surface area contributed by atoms with Gasteiger partial charge in [0.05, 0.1) is 23.5 Å². The summed E-state index contributed by atoms with van der Waals surface area (Å²) in [7, 11) is 1.56. The van der Waals surface area contributed by atoms with Crippen LogP contribution in [0.25, 0.3) is 6.08 Å². The van der Waals surface area contributed by atoms with E-state index in [1.54, 1.807) is 49.6 Å². The second kappa shape index (κ2) is 9.96. The Hall–Kier alpha value is -4.20. The fourth-order valence-electron chi connectivity index (χ4n) is 6.95. The largest absolute Gasteiger partial charge is 0.496 e. The molecular formula is C34H24BrClN2O4. The maximum atomic E-state index is 14.8. The summed E-state index contributed by atoms with van der Waals surface area (Å²) in [4.78, 5) is 45.9. The van der Waals surface area contributed by atoms with E-state index in [4.69, 9.17) is 16.3 Å². The van der Waals surface area contributed by atoms with Crippen molar-refractivity contribution in [1.29, 1.82) is 0 Å². The Balaban J connectivity index is 1.52. The molecule has 7 rings (SSSR count). The first-order valence-corrected chi connectivity index (χ1v) is 14.7. The summed E-state index contributed by atoms with van der Waals surface area (Å²) in [6, 6.07) is 25.4. The molecule has 4 aromatic carbocycles. The molecule has 0 bridgehead atoms. The van der Waals surface area contributed by atoms with Gasteiger partial charge >= 0.3 is 0 Å². The minimum Gasteiger partial charge on any atom is -0.496 e. The zero-order chi connectivity index (χ0) is 29.2. The van der Waals surface area contributed by atoms with Gasteiger partial charge in [0.2, 0.25) is 5.91 Å². The summed E-state index contributed by atoms with van der Waals surface area (Å²) in [5, 5.41) is 3.55. The molecular weight excluding hydrogens is 616 g/mol. The van der Waals surface area contributed by atoms with Crippen LogP contribution in [0.3, 0.4) is 0 Å². The highest BCUT2D eigenvalue weighted by Gasteiger charge is 2.70. The highest BCUT2D eigenvalue weighted by Crippen LogP contribution is 2.62. The lowest BCUT2D eigenvalue weighted by Gasteiger charge is -2.38. The standard InChI is InChI=1S/C34H24BrClN2O4/c1-42-27-15-12-21(18-25(27)35)31(40)29-28(30(39)20-10-13-22(36)14-11-20)34(24-8-4-5-9-26(24)37-33(34)41)32-23-7-3-2-6-19(23)16-17-38(29)32/h2-18,28-29,32H,1H3,(H,37,41)/t28-,29+,32+,34+/m1/s1. The number of ether oxygens (including phenoxy) is 1. The Morgan fingerprint density at radius 2 is 1.64 bits per heavy atom. The molecule has 3 heterocycles. The van der Waals surface area contributed by atoms with Crippen molar-refractivity contribution >= 4 is 56.8 Å². The summed E-state index contributed by atoms with van der Waals surface area (Å²) in [6.45, 7) is 0. The molecule has 1 fully saturated rings. The van der Waals surface area contributed by atoms with E-state index in [-0.39, 0.29) is 17.5 Å². The van der Waals surface area contributed by atoms with Crippen LogP contribution in [0.1, 0.15) is 43.4 Å². The van der Waals surface area contributed by atoms with Crippen LogP contribution in [0.15, 0.2) is 102 Å². The number of anilines is 1. The Kier molecular flexibility index (Phi) is 6.33. The number of ketones is 2. The fourth-order valence-corrected chi connectivity index (χ4v) is 7.62. The Bertz CT molecular complexity index is 1820. The van der Waals surface area contributed by atoms with E-state index < -0.39 is 23.4 Å². The SMILES string of the molecule is COc1ccc(C(=O)[C@@H]2[C@H](C(=O)c3ccc(Cl)cc3)[C@]3(C(=O)Nc4ccccc43)[C@@H]3c4ccccc4C=CN23)cc1Br. The normalized spacial score (nSPS) is 23.3. The van der Waals surface area contributed by atoms with Crippen molar-refractivity contribution < 1.29 is 19.1 Å². The molecule has 6 nitrogen and oxygen atoms in total. The molecule has 208 valence electrons. The van der Waals surface area contributed by atoms with Crippen LogP contribution in [-0.4, -0.2) is 35.5 Å². The fraction of sp³-hybridized carbons (Fsp3) is 0.147. The summed E-state index contributed by atoms with van der Waals surface area (Å²) >= 11 is 9.68. The van der Waals surface area contributed by atoms with E-state index in [0.717, 1.165) is 11.1 Å². The highest BCUT2D eigenvalue weighted by molar-refractivity contribution is 9.10. The van der Waals surface area contributed by atoms with Crippen molar-refractivity contribution in [1.82, 2.24) is 4.90 Å². The zero-order valence-electron chi connectivity index (χ0n) is 22.4. The number of hydrogen-bond acceptors (Lipinski definition) is 5. The molecule has 0 unspecified atom stereocenters. The van der Waals surface area contributed by atoms with Crippen LogP contribution in [-0.2, 0) is 10.2 Å². The monoisotopic (exact) mass is 638 g/mol. The number of nitrogens with zero attached hydrogens (tertiary/aromatic N) is 1. The molecule has 4 atom stereocenters. The molecule has 1 spiro atoms. The molecule has 1 saturated heterocycles. The topological polar surface area (TPSA) is 75.7 Å². The van der Waals surface area contributed by atoms with E-state index >= 15 is 0 Å². The summed E-state index contributed by atoms with van der Waals surface area (Å²) in [6.07, 6.45) is 3.80. The Labute approximate surface area is 256 Å². The minimum atomic E-state index is -1.39. The highest BCUT2D eigenvalue weighted by atomic mass is 79.9. The molecule has 0 aromatic heterocycles. The van der Waals surface area contributed by atoms with Crippen LogP contribution in [0, 0.1) is 5.92 Å². The average Bonchev–Trinajstić information content (AvgIpc) is 3.49. The first-order valence-electron chi connectivity index (χ1n) is 13.5. The third kappa shape index (κ3) is 3.73. The zero-order valence-corrected chi connectivity index (χ0v) is 24.7. The van der Waals surface area contributed by atoms with Crippen LogP contribution >= 0.6 is 27.5 Å². The van der Waals surface area contributed by atoms with Gasteiger partial charge in [-0.1, -0.05) is 54.1 Å². The van der Waals surface area contributed by atoms with Crippen molar-refractivity contribution in [3.8, 4) is 5.75 Å². The lowest BCUT2D eigenvalue weighted by atomic mass is 9.62. The quantitative estimate of drug-likeness (QED) is 0.236. The number of fused-ring (bicyclic) bond motifs is 6. The maximum absolute atomic E-state index is 14.8. The molecule has 1 N–H and O–H groups in total. The number of nitrogens with one attached hydrogen (secondary N) is 1. The van der Waals surface area contributed by atoms with Crippen molar-refractivity contribution in [3.63, 3.8) is 0 Å². The van der Waals surface area contributed by atoms with Crippen molar-refractivity contribution in [2.75, 3.05) is 12.4 Å². The molecule has 1 amide bonds. The first kappa shape index (κ1) is 26.7. The first-order chi connectivity index (χ1) is 20.4. The van der Waals surface area contributed by atoms with Gasteiger partial charge in [-0.25, -0.2) is 0 Å². The molecule has 8 heteroatoms. The maximum Gasteiger partial charge on any atom is 0.238 e. The molecule has 0 saturated carbocycles. The number of amides is 1. The number of methoxy groups -OCH3 is 1. The second-order valence-corrected chi connectivity index (χ2v) is 12.0. The van der Waals surface area contributed by atoms with E-state index in [9.17, 15) is 14.4 Å². The number of Topliss-reactive ketones (excluding diaryl/α,β-unsaturated/α-hetero) is 2. The van der Waals surface area contributed by atoms with Gasteiger partial charge in [-0.05, 0) is 87.2 Å². The van der Waals surface area contributed by atoms with Gasteiger partial charge in [0.1, 0.15) is 17.2 Å². The predicted octanol–water partition coefficient (Wildman–Crippen LogP) is 7.09. The van der Waals surface area contributed by atoms with Gasteiger partial charge in [0, 0.05) is 28.0 Å². The molecule has 3 aliphatic heterocycles. The smallest absolute Gasteiger partial charge is 0.238 e. The van der Waals surface area contributed by atoms with Crippen molar-refractivity contribution in [3.05, 3.63) is 135 Å². The van der Waals surface area contributed by atoms with Gasteiger partial charge in [-0.15, -0.1) is 0 Å². The predicted molar refractivity (Wildman–Crippen MR) is 165 cm³/mol. The molecule has 0 radical (unpaired) electrons. The van der Waals surface area contributed by atoms with Gasteiger partial charge in [0.15, 0.2) is 11.6 Å². The number of para-hydroxylation sites is 1. The number of carbonyl (C=O) groups excluding carboxylic acids is 3. The van der Waals surface area contributed by atoms with Gasteiger partial charge in [-0.3, -0.25) is 14.4 Å². The summed E-state index contributed by atoms with van der Waals surface area (Å²) in [5.41, 5.74) is 2.55. The van der Waals surface area contributed by atoms with Crippen LogP contribution in [0.4, 0.5) is 5.69 Å². The van der Waals surface area contributed by atoms with Crippen molar-refractivity contribution in [2.24, 2.45) is 5.92 Å². The lowest BCUT2D eigenvalue weighted by molar-refractivity contribution is -0.122. The average molecular weight is 640 g/mol. The van der Waals surface area contributed by atoms with Crippen LogP contribution in [0.5, 0.6) is 5.75 Å². The number of rotatable bonds is 5. The van der Waals surface area contributed by atoms with Gasteiger partial charge in [0.25, 0.3) is 0 Å². The molecule has 0 aliphatic carbocycles. The van der Waals surface area contributed by atoms with Crippen molar-refractivity contribution in [2.45, 2.75) is 17.5 Å². The van der Waals surface area contributed by atoms with Gasteiger partial charge < -0.3 is 15.0 Å². The third-order valence-corrected chi connectivity index (χ3v) is 9.56. The van der Waals surface area contributed by atoms with E-state index in [1.807, 2.05) is 65.7 Å². The van der Waals surface area contributed by atoms with Gasteiger partial charge in [-0.2, -0.15) is 0 Å². The van der Waals surface area contributed by atoms with E-state index in [0.29, 0.717) is 37.6 Å². The van der Waals surface area contributed by atoms with E-state index in [1.165, 1.54) is 0 Å². The number of benzene rings is 4. The number of hydrogen-bond donors (Lipinski definition) is 1. The molecule has 4 aromatic rings. The van der Waals surface area contributed by atoms with Crippen LogP contribution in [0.2, 0.25) is 5.02 Å². The molecule has 3 aliphatic rings. The second-order valence-electron chi connectivity index (χ2n) is 10.7. The third-order valence-electron chi connectivity index (χ3n) is 8.69. The molecule has 42 heavy (non-hydrogen) atoms. The number of halogens is 2. The minimum absolute atomic E-state index is 0.270.